The third-order valence-electron chi connectivity index (χ3n) is 4.50. The summed E-state index contributed by atoms with van der Waals surface area (Å²) in [6.45, 7) is 2.09. The second-order valence-corrected chi connectivity index (χ2v) is 7.76. The maximum atomic E-state index is 12.8. The van der Waals surface area contributed by atoms with Gasteiger partial charge in [0.25, 0.3) is 17.2 Å². The molecule has 0 radical (unpaired) electrons. The number of rotatable bonds is 5. The molecule has 9 heteroatoms. The topological polar surface area (TPSA) is 107 Å². The van der Waals surface area contributed by atoms with Crippen LogP contribution in [-0.2, 0) is 6.54 Å². The Labute approximate surface area is 174 Å². The summed E-state index contributed by atoms with van der Waals surface area (Å²) in [6, 6.07) is 14.9. The quantitative estimate of drug-likeness (QED) is 0.388. The molecule has 0 aliphatic carbocycles. The molecule has 0 unspecified atom stereocenters. The maximum Gasteiger partial charge on any atom is 0.269 e. The van der Waals surface area contributed by atoms with Crippen LogP contribution in [0.5, 0.6) is 0 Å². The molecule has 0 bridgehead atoms. The molecule has 0 aliphatic heterocycles. The average Bonchev–Trinajstić information content (AvgIpc) is 3.11. The zero-order valence-electron chi connectivity index (χ0n) is 15.9. The van der Waals surface area contributed by atoms with Crippen molar-refractivity contribution in [2.75, 3.05) is 5.32 Å². The summed E-state index contributed by atoms with van der Waals surface area (Å²) >= 11 is 1.34. The normalized spacial score (nSPS) is 10.8. The number of nitro groups is 1. The fraction of sp³-hybridized carbons (Fsp3) is 0.0952. The Hall–Kier alpha value is -3.85. The molecule has 150 valence electrons. The SMILES string of the molecule is Cc1ccc2nc(NC(=O)c3cccn(Cc4cccc([N+](=O)[O-])c4)c3=O)sc2c1. The molecule has 0 atom stereocenters. The number of pyridine rings is 1. The number of nitrogens with one attached hydrogen (secondary N) is 1. The highest BCUT2D eigenvalue weighted by Gasteiger charge is 2.15. The predicted octanol–water partition coefficient (Wildman–Crippen LogP) is 3.98. The van der Waals surface area contributed by atoms with Crippen LogP contribution < -0.4 is 10.9 Å². The molecule has 0 saturated heterocycles. The molecule has 2 aromatic carbocycles. The van der Waals surface area contributed by atoms with Crippen LogP contribution in [0.25, 0.3) is 10.2 Å². The first-order valence-electron chi connectivity index (χ1n) is 9.02. The van der Waals surface area contributed by atoms with Gasteiger partial charge in [-0.25, -0.2) is 4.98 Å². The highest BCUT2D eigenvalue weighted by Crippen LogP contribution is 2.26. The van der Waals surface area contributed by atoms with Gasteiger partial charge in [-0.05, 0) is 42.3 Å². The summed E-state index contributed by atoms with van der Waals surface area (Å²) < 4.78 is 2.29. The molecule has 30 heavy (non-hydrogen) atoms. The van der Waals surface area contributed by atoms with E-state index in [9.17, 15) is 19.7 Å². The van der Waals surface area contributed by atoms with E-state index in [-0.39, 0.29) is 17.8 Å². The van der Waals surface area contributed by atoms with Crippen molar-refractivity contribution in [3.63, 3.8) is 0 Å². The minimum atomic E-state index is -0.552. The van der Waals surface area contributed by atoms with E-state index in [0.29, 0.717) is 10.7 Å². The minimum Gasteiger partial charge on any atom is -0.310 e. The molecule has 0 saturated carbocycles. The number of amides is 1. The fourth-order valence-corrected chi connectivity index (χ4v) is 4.01. The van der Waals surface area contributed by atoms with Gasteiger partial charge in [0.05, 0.1) is 21.7 Å². The number of carbonyl (C=O) groups excluding carboxylic acids is 1. The maximum absolute atomic E-state index is 12.8. The smallest absolute Gasteiger partial charge is 0.269 e. The van der Waals surface area contributed by atoms with Crippen LogP contribution in [0.15, 0.2) is 65.6 Å². The number of hydrogen-bond donors (Lipinski definition) is 1. The highest BCUT2D eigenvalue weighted by atomic mass is 32.1. The van der Waals surface area contributed by atoms with Crippen LogP contribution in [0.4, 0.5) is 10.8 Å². The fourth-order valence-electron chi connectivity index (χ4n) is 3.05. The third-order valence-corrected chi connectivity index (χ3v) is 5.44. The van der Waals surface area contributed by atoms with Gasteiger partial charge in [-0.1, -0.05) is 29.5 Å². The molecular formula is C21H16N4O4S. The van der Waals surface area contributed by atoms with E-state index in [2.05, 4.69) is 10.3 Å². The molecule has 8 nitrogen and oxygen atoms in total. The first-order chi connectivity index (χ1) is 14.4. The number of hydrogen-bond acceptors (Lipinski definition) is 6. The molecule has 4 rings (SSSR count). The molecule has 4 aromatic rings. The van der Waals surface area contributed by atoms with E-state index in [1.165, 1.54) is 34.1 Å². The Morgan fingerprint density at radius 3 is 2.83 bits per heavy atom. The van der Waals surface area contributed by atoms with Crippen molar-refractivity contribution in [2.24, 2.45) is 0 Å². The van der Waals surface area contributed by atoms with E-state index < -0.39 is 16.4 Å². The largest absolute Gasteiger partial charge is 0.310 e. The van der Waals surface area contributed by atoms with Crippen molar-refractivity contribution in [3.05, 3.63) is 98.0 Å². The van der Waals surface area contributed by atoms with Crippen molar-refractivity contribution in [3.8, 4) is 0 Å². The van der Waals surface area contributed by atoms with Gasteiger partial charge in [0.15, 0.2) is 5.13 Å². The number of aryl methyl sites for hydroxylation is 1. The Bertz CT molecular complexity index is 1340. The Morgan fingerprint density at radius 2 is 2.03 bits per heavy atom. The molecule has 1 N–H and O–H groups in total. The second kappa shape index (κ2) is 7.88. The van der Waals surface area contributed by atoms with Gasteiger partial charge in [0, 0.05) is 18.3 Å². The van der Waals surface area contributed by atoms with Gasteiger partial charge >= 0.3 is 0 Å². The number of nitro benzene ring substituents is 1. The lowest BCUT2D eigenvalue weighted by atomic mass is 10.2. The monoisotopic (exact) mass is 420 g/mol. The van der Waals surface area contributed by atoms with E-state index >= 15 is 0 Å². The van der Waals surface area contributed by atoms with Crippen molar-refractivity contribution in [1.82, 2.24) is 9.55 Å². The van der Waals surface area contributed by atoms with Gasteiger partial charge in [0.1, 0.15) is 5.56 Å². The van der Waals surface area contributed by atoms with Gasteiger partial charge in [-0.3, -0.25) is 25.0 Å². The van der Waals surface area contributed by atoms with Crippen LogP contribution in [-0.4, -0.2) is 20.4 Å². The number of benzene rings is 2. The number of aromatic nitrogens is 2. The number of carbonyl (C=O) groups is 1. The number of nitrogens with zero attached hydrogens (tertiary/aromatic N) is 3. The Morgan fingerprint density at radius 1 is 1.20 bits per heavy atom. The first-order valence-corrected chi connectivity index (χ1v) is 9.84. The van der Waals surface area contributed by atoms with Crippen LogP contribution in [0, 0.1) is 17.0 Å². The minimum absolute atomic E-state index is 0.0293. The van der Waals surface area contributed by atoms with Gasteiger partial charge in [-0.2, -0.15) is 0 Å². The van der Waals surface area contributed by atoms with Crippen LogP contribution in [0.1, 0.15) is 21.5 Å². The standard InChI is InChI=1S/C21H16N4O4S/c1-13-7-8-17-18(10-13)30-21(22-17)23-19(26)16-6-3-9-24(20(16)27)12-14-4-2-5-15(11-14)25(28)29/h2-11H,12H2,1H3,(H,22,23,26). The predicted molar refractivity (Wildman–Crippen MR) is 115 cm³/mol. The summed E-state index contributed by atoms with van der Waals surface area (Å²) in [5.41, 5.74) is 1.89. The number of anilines is 1. The van der Waals surface area contributed by atoms with E-state index in [1.54, 1.807) is 24.4 Å². The average molecular weight is 420 g/mol. The zero-order chi connectivity index (χ0) is 21.3. The van der Waals surface area contributed by atoms with Gasteiger partial charge in [0.2, 0.25) is 0 Å². The van der Waals surface area contributed by atoms with Crippen LogP contribution in [0.2, 0.25) is 0 Å². The second-order valence-electron chi connectivity index (χ2n) is 6.73. The lowest BCUT2D eigenvalue weighted by Gasteiger charge is -2.08. The summed E-state index contributed by atoms with van der Waals surface area (Å²) in [5, 5.41) is 14.1. The third kappa shape index (κ3) is 3.96. The van der Waals surface area contributed by atoms with Gasteiger partial charge < -0.3 is 4.57 Å². The van der Waals surface area contributed by atoms with E-state index in [1.807, 2.05) is 25.1 Å². The molecule has 1 amide bonds. The van der Waals surface area contributed by atoms with Crippen molar-refractivity contribution < 1.29 is 9.72 Å². The van der Waals surface area contributed by atoms with Gasteiger partial charge in [-0.15, -0.1) is 0 Å². The van der Waals surface area contributed by atoms with Crippen molar-refractivity contribution in [1.29, 1.82) is 0 Å². The molecule has 2 heterocycles. The first kappa shape index (κ1) is 19.5. The molecule has 0 aliphatic rings. The highest BCUT2D eigenvalue weighted by molar-refractivity contribution is 7.22. The van der Waals surface area contributed by atoms with E-state index in [0.717, 1.165) is 15.8 Å². The van der Waals surface area contributed by atoms with Crippen molar-refractivity contribution in [2.45, 2.75) is 13.5 Å². The lowest BCUT2D eigenvalue weighted by molar-refractivity contribution is -0.384. The lowest BCUT2D eigenvalue weighted by Crippen LogP contribution is -2.29. The summed E-state index contributed by atoms with van der Waals surface area (Å²) in [6.07, 6.45) is 1.54. The zero-order valence-corrected chi connectivity index (χ0v) is 16.7. The Kier molecular flexibility index (Phi) is 5.11. The summed E-state index contributed by atoms with van der Waals surface area (Å²) in [4.78, 5) is 40.3. The number of non-ortho nitro benzene ring substituents is 1. The number of thiazole rings is 1. The van der Waals surface area contributed by atoms with E-state index in [4.69, 9.17) is 0 Å². The van der Waals surface area contributed by atoms with Crippen LogP contribution in [0.3, 0.4) is 0 Å². The Balaban J connectivity index is 1.58. The van der Waals surface area contributed by atoms with Crippen molar-refractivity contribution >= 4 is 38.3 Å². The summed E-state index contributed by atoms with van der Waals surface area (Å²) in [7, 11) is 0. The number of fused-ring (bicyclic) bond motifs is 1. The molecule has 0 spiro atoms. The molecular weight excluding hydrogens is 404 g/mol. The molecule has 0 fully saturated rings. The molecule has 2 aromatic heterocycles. The van der Waals surface area contributed by atoms with Crippen LogP contribution >= 0.6 is 11.3 Å². The summed E-state index contributed by atoms with van der Waals surface area (Å²) in [5.74, 6) is -0.552.